The van der Waals surface area contributed by atoms with Crippen molar-refractivity contribution in [1.82, 2.24) is 15.1 Å². The van der Waals surface area contributed by atoms with Crippen LogP contribution in [0.2, 0.25) is 0 Å². The molecule has 0 spiro atoms. The SMILES string of the molecule is COc1nc(-c2ccc(C)cc2)ccc1-c1noc(-c2cccc([N+](=O)[O-])c2)n1. The van der Waals surface area contributed by atoms with Crippen molar-refractivity contribution in [3.05, 3.63) is 76.3 Å². The first-order valence-corrected chi connectivity index (χ1v) is 8.76. The number of hydrogen-bond donors (Lipinski definition) is 0. The van der Waals surface area contributed by atoms with E-state index < -0.39 is 4.92 Å². The quantitative estimate of drug-likeness (QED) is 0.361. The van der Waals surface area contributed by atoms with Crippen LogP contribution in [0.25, 0.3) is 34.1 Å². The standard InChI is InChI=1S/C21H16N4O4/c1-13-6-8-14(9-7-13)18-11-10-17(21(22-18)28-2)19-23-20(29-24-19)15-4-3-5-16(12-15)25(26)27/h3-12H,1-2H3. The molecule has 4 aromatic rings. The third kappa shape index (κ3) is 3.68. The highest BCUT2D eigenvalue weighted by atomic mass is 16.6. The normalized spacial score (nSPS) is 10.7. The topological polar surface area (TPSA) is 104 Å². The maximum atomic E-state index is 11.0. The Hall–Kier alpha value is -4.07. The third-order valence-corrected chi connectivity index (χ3v) is 4.37. The van der Waals surface area contributed by atoms with Crippen LogP contribution in [0.4, 0.5) is 5.69 Å². The molecule has 29 heavy (non-hydrogen) atoms. The van der Waals surface area contributed by atoms with Gasteiger partial charge in [-0.25, -0.2) is 4.98 Å². The third-order valence-electron chi connectivity index (χ3n) is 4.37. The summed E-state index contributed by atoms with van der Waals surface area (Å²) in [5, 5.41) is 15.0. The van der Waals surface area contributed by atoms with Crippen LogP contribution in [-0.2, 0) is 0 Å². The van der Waals surface area contributed by atoms with Crippen molar-refractivity contribution in [2.45, 2.75) is 6.92 Å². The maximum Gasteiger partial charge on any atom is 0.270 e. The van der Waals surface area contributed by atoms with Gasteiger partial charge in [-0.15, -0.1) is 0 Å². The predicted octanol–water partition coefficient (Wildman–Crippen LogP) is 4.69. The van der Waals surface area contributed by atoms with Gasteiger partial charge in [-0.2, -0.15) is 4.98 Å². The Kier molecular flexibility index (Phi) is 4.74. The van der Waals surface area contributed by atoms with Gasteiger partial charge in [-0.1, -0.05) is 41.1 Å². The Morgan fingerprint density at radius 1 is 1.00 bits per heavy atom. The molecule has 0 bridgehead atoms. The van der Waals surface area contributed by atoms with Gasteiger partial charge in [-0.05, 0) is 25.1 Å². The van der Waals surface area contributed by atoms with E-state index in [-0.39, 0.29) is 17.4 Å². The van der Waals surface area contributed by atoms with Gasteiger partial charge in [0.05, 0.1) is 23.3 Å². The molecule has 0 amide bonds. The van der Waals surface area contributed by atoms with E-state index in [1.807, 2.05) is 43.3 Å². The minimum Gasteiger partial charge on any atom is -0.480 e. The summed E-state index contributed by atoms with van der Waals surface area (Å²) in [6, 6.07) is 17.7. The highest BCUT2D eigenvalue weighted by Crippen LogP contribution is 2.31. The number of nitrogens with zero attached hydrogens (tertiary/aromatic N) is 4. The first-order valence-electron chi connectivity index (χ1n) is 8.76. The number of rotatable bonds is 5. The molecule has 0 aliphatic rings. The summed E-state index contributed by atoms with van der Waals surface area (Å²) in [6.45, 7) is 2.02. The molecule has 0 fully saturated rings. The molecule has 2 aromatic carbocycles. The molecule has 0 N–H and O–H groups in total. The van der Waals surface area contributed by atoms with Gasteiger partial charge in [0.2, 0.25) is 11.7 Å². The Bertz CT molecular complexity index is 1190. The monoisotopic (exact) mass is 388 g/mol. The number of hydrogen-bond acceptors (Lipinski definition) is 7. The Labute approximate surface area is 166 Å². The highest BCUT2D eigenvalue weighted by Gasteiger charge is 2.18. The zero-order valence-corrected chi connectivity index (χ0v) is 15.7. The Balaban J connectivity index is 1.69. The van der Waals surface area contributed by atoms with E-state index in [0.717, 1.165) is 16.8 Å². The average Bonchev–Trinajstić information content (AvgIpc) is 3.24. The summed E-state index contributed by atoms with van der Waals surface area (Å²) in [7, 11) is 1.52. The minimum absolute atomic E-state index is 0.0519. The van der Waals surface area contributed by atoms with E-state index in [2.05, 4.69) is 15.1 Å². The van der Waals surface area contributed by atoms with E-state index in [1.54, 1.807) is 12.1 Å². The fourth-order valence-corrected chi connectivity index (χ4v) is 2.85. The summed E-state index contributed by atoms with van der Waals surface area (Å²) < 4.78 is 10.7. The van der Waals surface area contributed by atoms with Crippen molar-refractivity contribution in [1.29, 1.82) is 0 Å². The van der Waals surface area contributed by atoms with Crippen molar-refractivity contribution in [2.24, 2.45) is 0 Å². The van der Waals surface area contributed by atoms with Crippen molar-refractivity contribution in [3.8, 4) is 40.0 Å². The molecule has 2 heterocycles. The van der Waals surface area contributed by atoms with E-state index in [9.17, 15) is 10.1 Å². The molecule has 0 radical (unpaired) electrons. The highest BCUT2D eigenvalue weighted by molar-refractivity contribution is 5.69. The summed E-state index contributed by atoms with van der Waals surface area (Å²) in [4.78, 5) is 19.4. The van der Waals surface area contributed by atoms with E-state index in [1.165, 1.54) is 19.2 Å². The van der Waals surface area contributed by atoms with Gasteiger partial charge in [0, 0.05) is 23.3 Å². The zero-order chi connectivity index (χ0) is 20.4. The predicted molar refractivity (Wildman–Crippen MR) is 106 cm³/mol. The van der Waals surface area contributed by atoms with Crippen LogP contribution >= 0.6 is 0 Å². The van der Waals surface area contributed by atoms with Gasteiger partial charge in [0.15, 0.2) is 0 Å². The lowest BCUT2D eigenvalue weighted by Crippen LogP contribution is -1.95. The molecular weight excluding hydrogens is 372 g/mol. The summed E-state index contributed by atoms with van der Waals surface area (Å²) in [5.74, 6) is 0.814. The number of nitro groups is 1. The number of non-ortho nitro benzene ring substituents is 1. The number of pyridine rings is 1. The number of aromatic nitrogens is 3. The molecule has 0 aliphatic carbocycles. The van der Waals surface area contributed by atoms with Crippen molar-refractivity contribution >= 4 is 5.69 Å². The Morgan fingerprint density at radius 3 is 2.52 bits per heavy atom. The number of ether oxygens (including phenoxy) is 1. The van der Waals surface area contributed by atoms with Gasteiger partial charge < -0.3 is 9.26 Å². The fourth-order valence-electron chi connectivity index (χ4n) is 2.85. The number of methoxy groups -OCH3 is 1. The van der Waals surface area contributed by atoms with E-state index in [4.69, 9.17) is 9.26 Å². The van der Waals surface area contributed by atoms with Crippen molar-refractivity contribution in [3.63, 3.8) is 0 Å². The van der Waals surface area contributed by atoms with Crippen LogP contribution in [0.3, 0.4) is 0 Å². The number of aryl methyl sites for hydroxylation is 1. The number of benzene rings is 2. The summed E-state index contributed by atoms with van der Waals surface area (Å²) in [5.41, 5.74) is 3.85. The molecule has 0 aliphatic heterocycles. The van der Waals surface area contributed by atoms with Crippen LogP contribution < -0.4 is 4.74 Å². The smallest absolute Gasteiger partial charge is 0.270 e. The van der Waals surface area contributed by atoms with Crippen LogP contribution in [-0.4, -0.2) is 27.2 Å². The average molecular weight is 388 g/mol. The molecule has 2 aromatic heterocycles. The second-order valence-corrected chi connectivity index (χ2v) is 6.35. The van der Waals surface area contributed by atoms with Gasteiger partial charge in [-0.3, -0.25) is 10.1 Å². The first kappa shape index (κ1) is 18.3. The van der Waals surface area contributed by atoms with Gasteiger partial charge in [0.1, 0.15) is 0 Å². The van der Waals surface area contributed by atoms with Gasteiger partial charge >= 0.3 is 0 Å². The van der Waals surface area contributed by atoms with E-state index in [0.29, 0.717) is 17.0 Å². The Morgan fingerprint density at radius 2 is 1.79 bits per heavy atom. The molecule has 0 saturated heterocycles. The second-order valence-electron chi connectivity index (χ2n) is 6.35. The summed E-state index contributed by atoms with van der Waals surface area (Å²) >= 11 is 0. The molecule has 4 rings (SSSR count). The molecule has 0 atom stereocenters. The lowest BCUT2D eigenvalue weighted by molar-refractivity contribution is -0.384. The summed E-state index contributed by atoms with van der Waals surface area (Å²) in [6.07, 6.45) is 0. The zero-order valence-electron chi connectivity index (χ0n) is 15.7. The fraction of sp³-hybridized carbons (Fsp3) is 0.0952. The molecule has 144 valence electrons. The lowest BCUT2D eigenvalue weighted by atomic mass is 10.1. The minimum atomic E-state index is -0.475. The van der Waals surface area contributed by atoms with Gasteiger partial charge in [0.25, 0.3) is 11.6 Å². The molecule has 8 nitrogen and oxygen atoms in total. The number of nitro benzene ring substituents is 1. The molecular formula is C21H16N4O4. The molecule has 0 unspecified atom stereocenters. The van der Waals surface area contributed by atoms with Crippen molar-refractivity contribution < 1.29 is 14.2 Å². The molecule has 8 heteroatoms. The van der Waals surface area contributed by atoms with Crippen LogP contribution in [0.15, 0.2) is 65.2 Å². The largest absolute Gasteiger partial charge is 0.480 e. The van der Waals surface area contributed by atoms with Crippen LogP contribution in [0, 0.1) is 17.0 Å². The van der Waals surface area contributed by atoms with Crippen LogP contribution in [0.1, 0.15) is 5.56 Å². The maximum absolute atomic E-state index is 11.0. The lowest BCUT2D eigenvalue weighted by Gasteiger charge is -2.07. The van der Waals surface area contributed by atoms with Crippen LogP contribution in [0.5, 0.6) is 5.88 Å². The van der Waals surface area contributed by atoms with Crippen molar-refractivity contribution in [2.75, 3.05) is 7.11 Å². The second kappa shape index (κ2) is 7.51. The molecule has 0 saturated carbocycles. The first-order chi connectivity index (χ1) is 14.0. The van der Waals surface area contributed by atoms with E-state index >= 15 is 0 Å².